The number of nitrogens with zero attached hydrogens (tertiary/aromatic N) is 3. The van der Waals surface area contributed by atoms with Crippen LogP contribution in [-0.2, 0) is 0 Å². The second kappa shape index (κ2) is 4.74. The smallest absolute Gasteiger partial charge is 0.272 e. The topological polar surface area (TPSA) is 65.8 Å². The van der Waals surface area contributed by atoms with Crippen molar-refractivity contribution in [3.63, 3.8) is 0 Å². The van der Waals surface area contributed by atoms with E-state index in [-0.39, 0.29) is 5.91 Å². The molecule has 1 aromatic heterocycles. The van der Waals surface area contributed by atoms with Crippen LogP contribution in [0.15, 0.2) is 29.6 Å². The van der Waals surface area contributed by atoms with Gasteiger partial charge in [-0.3, -0.25) is 9.78 Å². The lowest BCUT2D eigenvalue weighted by molar-refractivity contribution is 0.0748. The van der Waals surface area contributed by atoms with Crippen molar-refractivity contribution >= 4 is 11.6 Å². The largest absolute Gasteiger partial charge is 0.411 e. The Morgan fingerprint density at radius 2 is 2.12 bits per heavy atom. The van der Waals surface area contributed by atoms with E-state index in [0.717, 1.165) is 5.71 Å². The van der Waals surface area contributed by atoms with Gasteiger partial charge in [0.15, 0.2) is 0 Å². The molecular formula is C11H13N3O2. The number of aromatic nitrogens is 1. The number of pyridine rings is 1. The number of carbonyl (C=O) groups excluding carboxylic acids is 1. The van der Waals surface area contributed by atoms with E-state index in [1.165, 1.54) is 0 Å². The molecule has 0 saturated carbocycles. The van der Waals surface area contributed by atoms with E-state index in [1.807, 2.05) is 0 Å². The number of carbonyl (C=O) groups is 1. The third kappa shape index (κ3) is 2.18. The maximum absolute atomic E-state index is 12.0. The molecule has 1 aliphatic rings. The molecule has 1 aromatic rings. The molecule has 1 aliphatic heterocycles. The lowest BCUT2D eigenvalue weighted by Gasteiger charge is -2.26. The number of hydrogen-bond donors (Lipinski definition) is 1. The minimum Gasteiger partial charge on any atom is -0.411 e. The summed E-state index contributed by atoms with van der Waals surface area (Å²) in [6.07, 6.45) is 2.88. The van der Waals surface area contributed by atoms with Crippen LogP contribution in [0.25, 0.3) is 0 Å². The number of amides is 1. The number of rotatable bonds is 1. The van der Waals surface area contributed by atoms with E-state index in [9.17, 15) is 4.79 Å². The summed E-state index contributed by atoms with van der Waals surface area (Å²) in [7, 11) is 0. The van der Waals surface area contributed by atoms with Gasteiger partial charge >= 0.3 is 0 Å². The van der Waals surface area contributed by atoms with Gasteiger partial charge in [0.2, 0.25) is 0 Å². The zero-order chi connectivity index (χ0) is 11.4. The quantitative estimate of drug-likeness (QED) is 0.569. The van der Waals surface area contributed by atoms with E-state index >= 15 is 0 Å². The highest BCUT2D eigenvalue weighted by Gasteiger charge is 2.21. The van der Waals surface area contributed by atoms with Gasteiger partial charge in [0, 0.05) is 32.1 Å². The first kappa shape index (κ1) is 10.6. The van der Waals surface area contributed by atoms with Crippen molar-refractivity contribution in [1.29, 1.82) is 0 Å². The molecule has 16 heavy (non-hydrogen) atoms. The zero-order valence-electron chi connectivity index (χ0n) is 8.83. The van der Waals surface area contributed by atoms with Crippen molar-refractivity contribution < 1.29 is 10.0 Å². The molecule has 0 aromatic carbocycles. The van der Waals surface area contributed by atoms with Gasteiger partial charge in [-0.1, -0.05) is 11.2 Å². The van der Waals surface area contributed by atoms with E-state index in [4.69, 9.17) is 5.21 Å². The first-order valence-corrected chi connectivity index (χ1v) is 5.21. The summed E-state index contributed by atoms with van der Waals surface area (Å²) in [6, 6.07) is 5.28. The number of oxime groups is 1. The zero-order valence-corrected chi connectivity index (χ0v) is 8.83. The summed E-state index contributed by atoms with van der Waals surface area (Å²) < 4.78 is 0. The highest BCUT2D eigenvalue weighted by Crippen LogP contribution is 2.10. The van der Waals surface area contributed by atoms with Gasteiger partial charge in [-0.15, -0.1) is 0 Å². The molecule has 2 rings (SSSR count). The maximum Gasteiger partial charge on any atom is 0.272 e. The third-order valence-corrected chi connectivity index (χ3v) is 2.65. The Balaban J connectivity index is 2.02. The first-order valence-electron chi connectivity index (χ1n) is 5.21. The third-order valence-electron chi connectivity index (χ3n) is 2.65. The highest BCUT2D eigenvalue weighted by molar-refractivity contribution is 5.94. The highest BCUT2D eigenvalue weighted by atomic mass is 16.4. The lowest BCUT2D eigenvalue weighted by Crippen LogP contribution is -2.39. The lowest BCUT2D eigenvalue weighted by atomic mass is 10.1. The molecule has 0 radical (unpaired) electrons. The summed E-state index contributed by atoms with van der Waals surface area (Å²) in [5, 5.41) is 11.8. The molecular weight excluding hydrogens is 206 g/mol. The van der Waals surface area contributed by atoms with E-state index < -0.39 is 0 Å². The van der Waals surface area contributed by atoms with E-state index in [1.54, 1.807) is 29.3 Å². The fourth-order valence-electron chi connectivity index (χ4n) is 1.72. The van der Waals surface area contributed by atoms with Crippen LogP contribution in [0.1, 0.15) is 23.3 Å². The van der Waals surface area contributed by atoms with Crippen molar-refractivity contribution in [2.24, 2.45) is 5.16 Å². The summed E-state index contributed by atoms with van der Waals surface area (Å²) in [5.41, 5.74) is 1.22. The van der Waals surface area contributed by atoms with Gasteiger partial charge < -0.3 is 10.1 Å². The maximum atomic E-state index is 12.0. The molecule has 0 unspecified atom stereocenters. The average Bonchev–Trinajstić information content (AvgIpc) is 2.39. The van der Waals surface area contributed by atoms with E-state index in [2.05, 4.69) is 10.1 Å². The molecule has 1 N–H and O–H groups in total. The molecule has 0 bridgehead atoms. The van der Waals surface area contributed by atoms with Crippen LogP contribution < -0.4 is 0 Å². The van der Waals surface area contributed by atoms with Crippen molar-refractivity contribution in [2.75, 3.05) is 13.1 Å². The fourth-order valence-corrected chi connectivity index (χ4v) is 1.72. The summed E-state index contributed by atoms with van der Waals surface area (Å²) in [6.45, 7) is 1.18. The Bertz CT molecular complexity index is 393. The standard InChI is InChI=1S/C11H13N3O2/c15-11(10-3-1-2-6-12-10)14-7-4-9(13-16)5-8-14/h1-3,6,16H,4-5,7-8H2. The van der Waals surface area contributed by atoms with Gasteiger partial charge in [-0.2, -0.15) is 0 Å². The molecule has 1 fully saturated rings. The predicted molar refractivity (Wildman–Crippen MR) is 58.6 cm³/mol. The van der Waals surface area contributed by atoms with E-state index in [0.29, 0.717) is 31.6 Å². The Labute approximate surface area is 93.4 Å². The average molecular weight is 219 g/mol. The van der Waals surface area contributed by atoms with Crippen LogP contribution in [0.2, 0.25) is 0 Å². The van der Waals surface area contributed by atoms with Crippen molar-refractivity contribution in [1.82, 2.24) is 9.88 Å². The van der Waals surface area contributed by atoms with Crippen molar-refractivity contribution in [3.05, 3.63) is 30.1 Å². The molecule has 5 nitrogen and oxygen atoms in total. The number of likely N-dealkylation sites (tertiary alicyclic amines) is 1. The first-order chi connectivity index (χ1) is 7.81. The summed E-state index contributed by atoms with van der Waals surface area (Å²) in [5.74, 6) is -0.0578. The molecule has 1 amide bonds. The molecule has 0 atom stereocenters. The van der Waals surface area contributed by atoms with Gasteiger partial charge in [-0.25, -0.2) is 0 Å². The fraction of sp³-hybridized carbons (Fsp3) is 0.364. The van der Waals surface area contributed by atoms with Gasteiger partial charge in [0.05, 0.1) is 5.71 Å². The SMILES string of the molecule is O=C(c1ccccn1)N1CCC(=NO)CC1. The second-order valence-corrected chi connectivity index (χ2v) is 3.67. The van der Waals surface area contributed by atoms with Gasteiger partial charge in [0.1, 0.15) is 5.69 Å². The van der Waals surface area contributed by atoms with Crippen LogP contribution in [-0.4, -0.2) is 39.8 Å². The Morgan fingerprint density at radius 3 is 2.69 bits per heavy atom. The monoisotopic (exact) mass is 219 g/mol. The van der Waals surface area contributed by atoms with Crippen molar-refractivity contribution in [3.8, 4) is 0 Å². The van der Waals surface area contributed by atoms with Gasteiger partial charge in [0.25, 0.3) is 5.91 Å². The predicted octanol–water partition coefficient (Wildman–Crippen LogP) is 1.15. The number of piperidine rings is 1. The number of hydrogen-bond acceptors (Lipinski definition) is 4. The van der Waals surface area contributed by atoms with Crippen LogP contribution in [0.5, 0.6) is 0 Å². The van der Waals surface area contributed by atoms with Gasteiger partial charge in [-0.05, 0) is 12.1 Å². The molecule has 5 heteroatoms. The normalized spacial score (nSPS) is 16.0. The summed E-state index contributed by atoms with van der Waals surface area (Å²) in [4.78, 5) is 17.7. The molecule has 84 valence electrons. The minimum atomic E-state index is -0.0578. The molecule has 2 heterocycles. The van der Waals surface area contributed by atoms with Crippen LogP contribution >= 0.6 is 0 Å². The Morgan fingerprint density at radius 1 is 1.38 bits per heavy atom. The Kier molecular flexibility index (Phi) is 3.14. The Hall–Kier alpha value is -1.91. The van der Waals surface area contributed by atoms with Crippen LogP contribution in [0, 0.1) is 0 Å². The molecule has 0 aliphatic carbocycles. The minimum absolute atomic E-state index is 0.0578. The van der Waals surface area contributed by atoms with Crippen LogP contribution in [0.3, 0.4) is 0 Å². The molecule has 1 saturated heterocycles. The van der Waals surface area contributed by atoms with Crippen molar-refractivity contribution in [2.45, 2.75) is 12.8 Å². The molecule has 0 spiro atoms. The van der Waals surface area contributed by atoms with Crippen LogP contribution in [0.4, 0.5) is 0 Å². The second-order valence-electron chi connectivity index (χ2n) is 3.67. The summed E-state index contributed by atoms with van der Waals surface area (Å²) >= 11 is 0.